The number of phenols is 1. The lowest BCUT2D eigenvalue weighted by molar-refractivity contribution is 0.103. The van der Waals surface area contributed by atoms with Gasteiger partial charge in [-0.1, -0.05) is 18.7 Å². The SMILES string of the molecule is C=C(Nc1ccccc1N)C(=O)c1ccc(O)cc1. The number of nitrogens with two attached hydrogens (primary N) is 1. The third-order valence-corrected chi connectivity index (χ3v) is 2.65. The highest BCUT2D eigenvalue weighted by molar-refractivity contribution is 6.10. The summed E-state index contributed by atoms with van der Waals surface area (Å²) in [4.78, 5) is 12.1. The van der Waals surface area contributed by atoms with Gasteiger partial charge in [-0.25, -0.2) is 0 Å². The van der Waals surface area contributed by atoms with E-state index in [2.05, 4.69) is 11.9 Å². The zero-order chi connectivity index (χ0) is 13.8. The molecule has 0 fully saturated rings. The maximum atomic E-state index is 12.1. The standard InChI is InChI=1S/C15H14N2O2/c1-10(17-14-5-3-2-4-13(14)16)15(19)11-6-8-12(18)9-7-11/h2-9,17-18H,1,16H2. The highest BCUT2D eigenvalue weighted by Crippen LogP contribution is 2.20. The molecule has 2 aromatic rings. The monoisotopic (exact) mass is 254 g/mol. The molecule has 0 aliphatic carbocycles. The Balaban J connectivity index is 2.14. The van der Waals surface area contributed by atoms with Crippen LogP contribution in [0.25, 0.3) is 0 Å². The van der Waals surface area contributed by atoms with Crippen molar-refractivity contribution in [1.29, 1.82) is 0 Å². The summed E-state index contributed by atoms with van der Waals surface area (Å²) >= 11 is 0. The molecule has 2 rings (SSSR count). The van der Waals surface area contributed by atoms with Crippen molar-refractivity contribution in [2.45, 2.75) is 0 Å². The molecule has 0 spiro atoms. The number of phenolic OH excluding ortho intramolecular Hbond substituents is 1. The highest BCUT2D eigenvalue weighted by Gasteiger charge is 2.11. The maximum Gasteiger partial charge on any atom is 0.208 e. The van der Waals surface area contributed by atoms with Crippen LogP contribution < -0.4 is 11.1 Å². The van der Waals surface area contributed by atoms with Crippen molar-refractivity contribution in [2.75, 3.05) is 11.1 Å². The number of ketones is 1. The molecule has 0 saturated carbocycles. The average Bonchev–Trinajstić information content (AvgIpc) is 2.41. The molecule has 0 heterocycles. The molecule has 0 aliphatic rings. The molecule has 0 saturated heterocycles. The van der Waals surface area contributed by atoms with Gasteiger partial charge in [0, 0.05) is 5.56 Å². The second-order valence-corrected chi connectivity index (χ2v) is 4.07. The van der Waals surface area contributed by atoms with Crippen LogP contribution in [0.4, 0.5) is 11.4 Å². The van der Waals surface area contributed by atoms with Gasteiger partial charge in [-0.15, -0.1) is 0 Å². The van der Waals surface area contributed by atoms with Crippen LogP contribution in [-0.4, -0.2) is 10.9 Å². The van der Waals surface area contributed by atoms with Crippen LogP contribution in [0.1, 0.15) is 10.4 Å². The molecule has 19 heavy (non-hydrogen) atoms. The minimum Gasteiger partial charge on any atom is -0.508 e. The normalized spacial score (nSPS) is 9.89. The van der Waals surface area contributed by atoms with Crippen LogP contribution in [0.5, 0.6) is 5.75 Å². The van der Waals surface area contributed by atoms with Crippen molar-refractivity contribution in [3.05, 3.63) is 66.4 Å². The van der Waals surface area contributed by atoms with E-state index in [1.54, 1.807) is 24.3 Å². The Bertz CT molecular complexity index is 618. The first-order chi connectivity index (χ1) is 9.08. The van der Waals surface area contributed by atoms with Gasteiger partial charge in [0.25, 0.3) is 0 Å². The fourth-order valence-corrected chi connectivity index (χ4v) is 1.62. The van der Waals surface area contributed by atoms with Gasteiger partial charge >= 0.3 is 0 Å². The van der Waals surface area contributed by atoms with Gasteiger partial charge in [-0.05, 0) is 36.4 Å². The van der Waals surface area contributed by atoms with E-state index in [9.17, 15) is 9.90 Å². The molecule has 0 aromatic heterocycles. The molecule has 0 aliphatic heterocycles. The number of carbonyl (C=O) groups is 1. The fraction of sp³-hybridized carbons (Fsp3) is 0. The van der Waals surface area contributed by atoms with Crippen molar-refractivity contribution in [1.82, 2.24) is 0 Å². The molecule has 0 unspecified atom stereocenters. The predicted molar refractivity (Wildman–Crippen MR) is 76.1 cm³/mol. The van der Waals surface area contributed by atoms with E-state index < -0.39 is 0 Å². The van der Waals surface area contributed by atoms with E-state index >= 15 is 0 Å². The lowest BCUT2D eigenvalue weighted by Gasteiger charge is -2.10. The number of aromatic hydroxyl groups is 1. The van der Waals surface area contributed by atoms with E-state index in [1.807, 2.05) is 12.1 Å². The minimum atomic E-state index is -0.247. The zero-order valence-corrected chi connectivity index (χ0v) is 10.3. The molecule has 0 amide bonds. The second-order valence-electron chi connectivity index (χ2n) is 4.07. The van der Waals surface area contributed by atoms with Crippen molar-refractivity contribution < 1.29 is 9.90 Å². The molecule has 4 heteroatoms. The Morgan fingerprint density at radius 1 is 1.11 bits per heavy atom. The van der Waals surface area contributed by atoms with Crippen LogP contribution in [0.15, 0.2) is 60.8 Å². The van der Waals surface area contributed by atoms with Gasteiger partial charge in [0.15, 0.2) is 0 Å². The molecular formula is C15H14N2O2. The average molecular weight is 254 g/mol. The van der Waals surface area contributed by atoms with Crippen LogP contribution in [0.2, 0.25) is 0 Å². The first kappa shape index (κ1) is 12.7. The molecule has 0 radical (unpaired) electrons. The van der Waals surface area contributed by atoms with Crippen LogP contribution >= 0.6 is 0 Å². The number of hydrogen-bond donors (Lipinski definition) is 3. The zero-order valence-electron chi connectivity index (χ0n) is 10.3. The lowest BCUT2D eigenvalue weighted by atomic mass is 10.1. The quantitative estimate of drug-likeness (QED) is 0.445. The van der Waals surface area contributed by atoms with Gasteiger partial charge in [0.2, 0.25) is 5.78 Å². The summed E-state index contributed by atoms with van der Waals surface area (Å²) in [5, 5.41) is 12.1. The number of nitrogens with one attached hydrogen (secondary N) is 1. The number of nitrogen functional groups attached to an aromatic ring is 1. The van der Waals surface area contributed by atoms with Crippen LogP contribution in [-0.2, 0) is 0 Å². The summed E-state index contributed by atoms with van der Waals surface area (Å²) in [6, 6.07) is 13.1. The number of anilines is 2. The Labute approximate surface area is 111 Å². The summed E-state index contributed by atoms with van der Waals surface area (Å²) in [6.45, 7) is 3.71. The van der Waals surface area contributed by atoms with Gasteiger partial charge in [0.1, 0.15) is 5.75 Å². The molecule has 2 aromatic carbocycles. The number of allylic oxidation sites excluding steroid dienone is 1. The van der Waals surface area contributed by atoms with E-state index in [0.29, 0.717) is 16.9 Å². The van der Waals surface area contributed by atoms with E-state index in [-0.39, 0.29) is 17.2 Å². The highest BCUT2D eigenvalue weighted by atomic mass is 16.3. The van der Waals surface area contributed by atoms with Crippen molar-refractivity contribution in [2.24, 2.45) is 0 Å². The summed E-state index contributed by atoms with van der Waals surface area (Å²) in [5.41, 5.74) is 7.64. The number of benzene rings is 2. The van der Waals surface area contributed by atoms with Crippen molar-refractivity contribution in [3.8, 4) is 5.75 Å². The number of Topliss-reactive ketones (excluding diaryl/α,β-unsaturated/α-hetero) is 1. The number of para-hydroxylation sites is 2. The molecule has 96 valence electrons. The number of carbonyl (C=O) groups excluding carboxylic acids is 1. The third-order valence-electron chi connectivity index (χ3n) is 2.65. The summed E-state index contributed by atoms with van der Waals surface area (Å²) in [5.74, 6) is -0.134. The van der Waals surface area contributed by atoms with Crippen molar-refractivity contribution >= 4 is 17.2 Å². The Morgan fingerprint density at radius 2 is 1.74 bits per heavy atom. The Kier molecular flexibility index (Phi) is 3.52. The van der Waals surface area contributed by atoms with Gasteiger partial charge in [0.05, 0.1) is 17.1 Å². The van der Waals surface area contributed by atoms with E-state index in [4.69, 9.17) is 5.73 Å². The predicted octanol–water partition coefficient (Wildman–Crippen LogP) is 2.78. The van der Waals surface area contributed by atoms with Gasteiger partial charge < -0.3 is 16.2 Å². The second kappa shape index (κ2) is 5.27. The summed E-state index contributed by atoms with van der Waals surface area (Å²) in [7, 11) is 0. The van der Waals surface area contributed by atoms with E-state index in [1.165, 1.54) is 12.1 Å². The third kappa shape index (κ3) is 2.93. The van der Waals surface area contributed by atoms with Crippen LogP contribution in [0.3, 0.4) is 0 Å². The first-order valence-electron chi connectivity index (χ1n) is 5.72. The summed E-state index contributed by atoms with van der Waals surface area (Å²) < 4.78 is 0. The smallest absolute Gasteiger partial charge is 0.208 e. The fourth-order valence-electron chi connectivity index (χ4n) is 1.62. The summed E-state index contributed by atoms with van der Waals surface area (Å²) in [6.07, 6.45) is 0. The van der Waals surface area contributed by atoms with Crippen LogP contribution in [0, 0.1) is 0 Å². The topological polar surface area (TPSA) is 75.3 Å². The molecule has 4 N–H and O–H groups in total. The number of hydrogen-bond acceptors (Lipinski definition) is 4. The Hall–Kier alpha value is -2.75. The lowest BCUT2D eigenvalue weighted by Crippen LogP contribution is -2.11. The minimum absolute atomic E-state index is 0.113. The molecule has 0 atom stereocenters. The molecule has 0 bridgehead atoms. The van der Waals surface area contributed by atoms with Crippen molar-refractivity contribution in [3.63, 3.8) is 0 Å². The van der Waals surface area contributed by atoms with Gasteiger partial charge in [-0.3, -0.25) is 4.79 Å². The largest absolute Gasteiger partial charge is 0.508 e. The number of rotatable bonds is 4. The molecule has 4 nitrogen and oxygen atoms in total. The molecular weight excluding hydrogens is 240 g/mol. The maximum absolute atomic E-state index is 12.1. The Morgan fingerprint density at radius 3 is 2.37 bits per heavy atom. The van der Waals surface area contributed by atoms with E-state index in [0.717, 1.165) is 0 Å². The first-order valence-corrected chi connectivity index (χ1v) is 5.72. The van der Waals surface area contributed by atoms with Gasteiger partial charge in [-0.2, -0.15) is 0 Å².